The van der Waals surface area contributed by atoms with Crippen molar-refractivity contribution in [2.75, 3.05) is 34.0 Å². The molecule has 0 heterocycles. The van der Waals surface area contributed by atoms with Gasteiger partial charge in [-0.2, -0.15) is 0 Å². The van der Waals surface area contributed by atoms with Crippen LogP contribution in [-0.2, 0) is 9.47 Å². The summed E-state index contributed by atoms with van der Waals surface area (Å²) in [5.41, 5.74) is 0. The molecule has 19 heavy (non-hydrogen) atoms. The van der Waals surface area contributed by atoms with E-state index in [2.05, 4.69) is 26.2 Å². The highest BCUT2D eigenvalue weighted by Crippen LogP contribution is 2.35. The zero-order valence-corrected chi connectivity index (χ0v) is 13.3. The standard InChI is InChI=1S/C16H33NO2/c1-13(2)14-7-8-16(17-3)15(12-14)6-5-9-19-11-10-18-4/h13-17H,5-12H2,1-4H3. The maximum atomic E-state index is 5.56. The Labute approximate surface area is 119 Å². The van der Waals surface area contributed by atoms with Crippen molar-refractivity contribution in [3.63, 3.8) is 0 Å². The van der Waals surface area contributed by atoms with Crippen LogP contribution in [0.1, 0.15) is 46.0 Å². The largest absolute Gasteiger partial charge is 0.382 e. The van der Waals surface area contributed by atoms with Crippen molar-refractivity contribution in [3.05, 3.63) is 0 Å². The van der Waals surface area contributed by atoms with E-state index in [1.807, 2.05) is 0 Å². The summed E-state index contributed by atoms with van der Waals surface area (Å²) in [6.45, 7) is 7.05. The van der Waals surface area contributed by atoms with Gasteiger partial charge in [0.2, 0.25) is 0 Å². The average molecular weight is 271 g/mol. The van der Waals surface area contributed by atoms with Gasteiger partial charge in [-0.15, -0.1) is 0 Å². The SMILES string of the molecule is CNC1CCC(C(C)C)CC1CCCOCCOC. The van der Waals surface area contributed by atoms with Crippen LogP contribution in [0, 0.1) is 17.8 Å². The van der Waals surface area contributed by atoms with Crippen LogP contribution in [0.15, 0.2) is 0 Å². The van der Waals surface area contributed by atoms with Crippen molar-refractivity contribution in [2.45, 2.75) is 52.0 Å². The van der Waals surface area contributed by atoms with Crippen LogP contribution in [-0.4, -0.2) is 40.0 Å². The van der Waals surface area contributed by atoms with Gasteiger partial charge in [-0.25, -0.2) is 0 Å². The molecule has 0 amide bonds. The fourth-order valence-electron chi connectivity index (χ4n) is 3.30. The van der Waals surface area contributed by atoms with E-state index in [-0.39, 0.29) is 0 Å². The summed E-state index contributed by atoms with van der Waals surface area (Å²) in [5.74, 6) is 2.58. The molecule has 0 aromatic heterocycles. The molecular formula is C16H33NO2. The van der Waals surface area contributed by atoms with Crippen molar-refractivity contribution in [1.29, 1.82) is 0 Å². The Balaban J connectivity index is 2.23. The summed E-state index contributed by atoms with van der Waals surface area (Å²) < 4.78 is 10.5. The van der Waals surface area contributed by atoms with E-state index in [1.54, 1.807) is 7.11 Å². The van der Waals surface area contributed by atoms with Crippen LogP contribution < -0.4 is 5.32 Å². The number of methoxy groups -OCH3 is 1. The van der Waals surface area contributed by atoms with Gasteiger partial charge in [0.15, 0.2) is 0 Å². The molecule has 0 aromatic rings. The fraction of sp³-hybridized carbons (Fsp3) is 1.00. The Morgan fingerprint density at radius 2 is 1.95 bits per heavy atom. The lowest BCUT2D eigenvalue weighted by molar-refractivity contribution is 0.0636. The van der Waals surface area contributed by atoms with E-state index in [4.69, 9.17) is 9.47 Å². The minimum atomic E-state index is 0.706. The molecule has 0 radical (unpaired) electrons. The van der Waals surface area contributed by atoms with Crippen LogP contribution in [0.5, 0.6) is 0 Å². The van der Waals surface area contributed by atoms with E-state index in [0.717, 1.165) is 31.0 Å². The first-order chi connectivity index (χ1) is 9.19. The first-order valence-electron chi connectivity index (χ1n) is 7.93. The second kappa shape index (κ2) is 9.73. The number of hydrogen-bond acceptors (Lipinski definition) is 3. The van der Waals surface area contributed by atoms with E-state index in [9.17, 15) is 0 Å². The predicted octanol–water partition coefficient (Wildman–Crippen LogP) is 3.09. The molecule has 1 fully saturated rings. The predicted molar refractivity (Wildman–Crippen MR) is 80.4 cm³/mol. The van der Waals surface area contributed by atoms with Crippen molar-refractivity contribution >= 4 is 0 Å². The van der Waals surface area contributed by atoms with Crippen LogP contribution >= 0.6 is 0 Å². The van der Waals surface area contributed by atoms with Gasteiger partial charge in [-0.1, -0.05) is 13.8 Å². The topological polar surface area (TPSA) is 30.5 Å². The molecule has 0 aliphatic heterocycles. The average Bonchev–Trinajstić information content (AvgIpc) is 2.42. The molecule has 0 spiro atoms. The summed E-state index contributed by atoms with van der Waals surface area (Å²) in [4.78, 5) is 0. The minimum absolute atomic E-state index is 0.706. The molecular weight excluding hydrogens is 238 g/mol. The molecule has 0 aromatic carbocycles. The second-order valence-electron chi connectivity index (χ2n) is 6.22. The lowest BCUT2D eigenvalue weighted by Gasteiger charge is -2.38. The highest BCUT2D eigenvalue weighted by molar-refractivity contribution is 4.85. The molecule has 114 valence electrons. The Morgan fingerprint density at radius 1 is 1.16 bits per heavy atom. The highest BCUT2D eigenvalue weighted by atomic mass is 16.5. The first kappa shape index (κ1) is 16.9. The smallest absolute Gasteiger partial charge is 0.0700 e. The molecule has 3 atom stereocenters. The first-order valence-corrected chi connectivity index (χ1v) is 7.93. The molecule has 3 heteroatoms. The Morgan fingerprint density at radius 3 is 2.58 bits per heavy atom. The van der Waals surface area contributed by atoms with Crippen molar-refractivity contribution in [3.8, 4) is 0 Å². The minimum Gasteiger partial charge on any atom is -0.382 e. The Kier molecular flexibility index (Phi) is 8.67. The number of nitrogens with one attached hydrogen (secondary N) is 1. The maximum Gasteiger partial charge on any atom is 0.0700 e. The molecule has 1 aliphatic carbocycles. The quantitative estimate of drug-likeness (QED) is 0.654. The van der Waals surface area contributed by atoms with E-state index >= 15 is 0 Å². The molecule has 1 rings (SSSR count). The summed E-state index contributed by atoms with van der Waals surface area (Å²) in [7, 11) is 3.83. The van der Waals surface area contributed by atoms with Crippen LogP contribution in [0.2, 0.25) is 0 Å². The van der Waals surface area contributed by atoms with Gasteiger partial charge in [-0.05, 0) is 56.9 Å². The van der Waals surface area contributed by atoms with E-state index < -0.39 is 0 Å². The summed E-state index contributed by atoms with van der Waals surface area (Å²) in [6.07, 6.45) is 6.60. The van der Waals surface area contributed by atoms with Gasteiger partial charge in [0.05, 0.1) is 13.2 Å². The van der Waals surface area contributed by atoms with Crippen LogP contribution in [0.25, 0.3) is 0 Å². The molecule has 1 N–H and O–H groups in total. The van der Waals surface area contributed by atoms with Gasteiger partial charge >= 0.3 is 0 Å². The van der Waals surface area contributed by atoms with Gasteiger partial charge < -0.3 is 14.8 Å². The lowest BCUT2D eigenvalue weighted by atomic mass is 9.72. The molecule has 0 bridgehead atoms. The van der Waals surface area contributed by atoms with E-state index in [0.29, 0.717) is 12.6 Å². The number of ether oxygens (including phenoxy) is 2. The summed E-state index contributed by atoms with van der Waals surface area (Å²) in [5, 5.41) is 3.51. The number of hydrogen-bond donors (Lipinski definition) is 1. The third-order valence-corrected chi connectivity index (χ3v) is 4.63. The third kappa shape index (κ3) is 6.24. The monoisotopic (exact) mass is 271 g/mol. The van der Waals surface area contributed by atoms with Crippen molar-refractivity contribution in [2.24, 2.45) is 17.8 Å². The second-order valence-corrected chi connectivity index (χ2v) is 6.22. The zero-order chi connectivity index (χ0) is 14.1. The number of rotatable bonds is 9. The molecule has 1 aliphatic rings. The third-order valence-electron chi connectivity index (χ3n) is 4.63. The van der Waals surface area contributed by atoms with Crippen LogP contribution in [0.3, 0.4) is 0 Å². The Hall–Kier alpha value is -0.120. The van der Waals surface area contributed by atoms with Gasteiger partial charge in [0.25, 0.3) is 0 Å². The summed E-state index contributed by atoms with van der Waals surface area (Å²) >= 11 is 0. The van der Waals surface area contributed by atoms with Gasteiger partial charge in [-0.3, -0.25) is 0 Å². The fourth-order valence-corrected chi connectivity index (χ4v) is 3.30. The lowest BCUT2D eigenvalue weighted by Crippen LogP contribution is -2.39. The molecule has 3 nitrogen and oxygen atoms in total. The molecule has 1 saturated carbocycles. The zero-order valence-electron chi connectivity index (χ0n) is 13.3. The summed E-state index contributed by atoms with van der Waals surface area (Å²) in [6, 6.07) is 0.717. The highest BCUT2D eigenvalue weighted by Gasteiger charge is 2.30. The normalized spacial score (nSPS) is 27.9. The van der Waals surface area contributed by atoms with Crippen molar-refractivity contribution in [1.82, 2.24) is 5.32 Å². The molecule has 3 unspecified atom stereocenters. The Bertz CT molecular complexity index is 221. The molecule has 0 saturated heterocycles. The van der Waals surface area contributed by atoms with Crippen LogP contribution in [0.4, 0.5) is 0 Å². The van der Waals surface area contributed by atoms with Gasteiger partial charge in [0.1, 0.15) is 0 Å². The van der Waals surface area contributed by atoms with Gasteiger partial charge in [0, 0.05) is 19.8 Å². The van der Waals surface area contributed by atoms with Crippen molar-refractivity contribution < 1.29 is 9.47 Å². The maximum absolute atomic E-state index is 5.56. The van der Waals surface area contributed by atoms with E-state index in [1.165, 1.54) is 32.1 Å².